The monoisotopic (exact) mass is 139 g/mol. The predicted molar refractivity (Wildman–Crippen MR) is 20.7 cm³/mol. The molecule has 0 bridgehead atoms. The van der Waals surface area contributed by atoms with Crippen molar-refractivity contribution in [3.63, 3.8) is 0 Å². The van der Waals surface area contributed by atoms with Crippen LogP contribution in [0.1, 0.15) is 0 Å². The van der Waals surface area contributed by atoms with Gasteiger partial charge >= 0.3 is 5.96 Å². The molecule has 0 amide bonds. The van der Waals surface area contributed by atoms with Crippen LogP contribution < -0.4 is 0 Å². The Hall–Kier alpha value is -1.36. The molecule has 50 valence electrons. The van der Waals surface area contributed by atoms with E-state index in [1.54, 1.807) is 0 Å². The zero-order valence-electron chi connectivity index (χ0n) is 3.88. The molecule has 0 N–H and O–H groups in total. The average molecular weight is 139 g/mol. The molecular formula is C2F3N3O. The van der Waals surface area contributed by atoms with Crippen molar-refractivity contribution in [2.45, 2.75) is 0 Å². The second-order valence-corrected chi connectivity index (χ2v) is 0.821. The number of hydrogen-bond acceptors (Lipinski definition) is 2. The van der Waals surface area contributed by atoms with Gasteiger partial charge in [0.25, 0.3) is 0 Å². The molecule has 0 rings (SSSR count). The number of nitrogens with zero attached hydrogens (tertiary/aromatic N) is 3. The van der Waals surface area contributed by atoms with Gasteiger partial charge < -0.3 is 0 Å². The quantitative estimate of drug-likeness (QED) is 0.214. The molecule has 0 unspecified atom stereocenters. The third-order valence-corrected chi connectivity index (χ3v) is 0.372. The first-order valence-electron chi connectivity index (χ1n) is 1.61. The van der Waals surface area contributed by atoms with E-state index < -0.39 is 11.3 Å². The van der Waals surface area contributed by atoms with E-state index >= 15 is 0 Å². The summed E-state index contributed by atoms with van der Waals surface area (Å²) in [5.74, 6) is -1.62. The van der Waals surface area contributed by atoms with Crippen molar-refractivity contribution in [2.24, 2.45) is 10.2 Å². The lowest BCUT2D eigenvalue weighted by molar-refractivity contribution is -0.0765. The summed E-state index contributed by atoms with van der Waals surface area (Å²) in [6, 6.07) is 0. The van der Waals surface area contributed by atoms with Crippen LogP contribution in [0.2, 0.25) is 0 Å². The van der Waals surface area contributed by atoms with Gasteiger partial charge in [-0.25, -0.2) is 4.79 Å². The molecule has 0 atom stereocenters. The van der Waals surface area contributed by atoms with Crippen LogP contribution in [-0.4, -0.2) is 17.4 Å². The molecule has 0 saturated heterocycles. The minimum Gasteiger partial charge on any atom is -0.211 e. The Kier molecular flexibility index (Phi) is 3.07. The minimum absolute atomic E-state index is 0.683. The van der Waals surface area contributed by atoms with E-state index in [4.69, 9.17) is 0 Å². The topological polar surface area (TPSA) is 45.0 Å². The largest absolute Gasteiger partial charge is 0.327 e. The fourth-order valence-corrected chi connectivity index (χ4v) is 0.126. The van der Waals surface area contributed by atoms with Gasteiger partial charge in [-0.15, -0.1) is 4.99 Å². The molecule has 9 heavy (non-hydrogen) atoms. The second kappa shape index (κ2) is 3.62. The molecule has 0 heterocycles. The highest BCUT2D eigenvalue weighted by molar-refractivity contribution is 5.82. The molecule has 0 saturated carbocycles. The van der Waals surface area contributed by atoms with Gasteiger partial charge in [0.1, 0.15) is 0 Å². The molecule has 0 radical (unpaired) electrons. The highest BCUT2D eigenvalue weighted by Gasteiger charge is 2.07. The van der Waals surface area contributed by atoms with Gasteiger partial charge in [0.15, 0.2) is 0 Å². The minimum atomic E-state index is -1.75. The second-order valence-electron chi connectivity index (χ2n) is 0.821. The number of isocyanates is 1. The first-order valence-corrected chi connectivity index (χ1v) is 1.61. The standard InChI is InChI=1S/C2F3N3O/c3-7-2(6-1-9)8(4)5. The van der Waals surface area contributed by atoms with Crippen molar-refractivity contribution in [1.82, 2.24) is 5.34 Å². The van der Waals surface area contributed by atoms with Crippen molar-refractivity contribution in [3.8, 4) is 0 Å². The summed E-state index contributed by atoms with van der Waals surface area (Å²) < 4.78 is 33.0. The summed E-state index contributed by atoms with van der Waals surface area (Å²) in [5.41, 5.74) is 0. The Bertz CT molecular complexity index is 160. The van der Waals surface area contributed by atoms with Gasteiger partial charge in [-0.3, -0.25) is 0 Å². The first-order chi connectivity index (χ1) is 4.22. The van der Waals surface area contributed by atoms with Crippen LogP contribution in [0.25, 0.3) is 0 Å². The lowest BCUT2D eigenvalue weighted by atomic mass is 11.0. The molecule has 0 aliphatic heterocycles. The molecule has 0 fully saturated rings. The van der Waals surface area contributed by atoms with Crippen molar-refractivity contribution >= 4 is 12.0 Å². The molecule has 4 nitrogen and oxygen atoms in total. The van der Waals surface area contributed by atoms with Gasteiger partial charge in [-0.2, -0.15) is 0 Å². The Morgan fingerprint density at radius 3 is 2.22 bits per heavy atom. The summed E-state index contributed by atoms with van der Waals surface area (Å²) in [7, 11) is 0. The van der Waals surface area contributed by atoms with Crippen LogP contribution in [0, 0.1) is 0 Å². The van der Waals surface area contributed by atoms with E-state index in [-0.39, 0.29) is 0 Å². The molecule has 0 aromatic heterocycles. The maximum atomic E-state index is 11.1. The number of aliphatic imine (C=N–C) groups is 1. The van der Waals surface area contributed by atoms with Crippen LogP contribution in [0.5, 0.6) is 0 Å². The fraction of sp³-hybridized carbons (Fsp3) is 0. The SMILES string of the molecule is O=C=NC(=NF)N(F)F. The van der Waals surface area contributed by atoms with Gasteiger partial charge in [0, 0.05) is 5.34 Å². The molecule has 0 aliphatic carbocycles. The summed E-state index contributed by atoms with van der Waals surface area (Å²) >= 11 is 0. The fourth-order valence-electron chi connectivity index (χ4n) is 0.126. The van der Waals surface area contributed by atoms with Crippen molar-refractivity contribution in [1.29, 1.82) is 0 Å². The first kappa shape index (κ1) is 7.64. The molecular weight excluding hydrogens is 139 g/mol. The summed E-state index contributed by atoms with van der Waals surface area (Å²) in [6.07, 6.45) is 0.683. The van der Waals surface area contributed by atoms with Crippen LogP contribution in [-0.2, 0) is 4.79 Å². The number of halogens is 3. The Balaban J connectivity index is 4.18. The van der Waals surface area contributed by atoms with Crippen LogP contribution >= 0.6 is 0 Å². The molecule has 0 aromatic carbocycles. The van der Waals surface area contributed by atoms with Crippen LogP contribution in [0.4, 0.5) is 13.4 Å². The molecule has 0 aromatic rings. The zero-order chi connectivity index (χ0) is 7.28. The third kappa shape index (κ3) is 2.45. The van der Waals surface area contributed by atoms with E-state index in [9.17, 15) is 18.2 Å². The number of hydrogen-bond donors (Lipinski definition) is 0. The Morgan fingerprint density at radius 2 is 2.11 bits per heavy atom. The number of guanidine groups is 1. The number of rotatable bonds is 0. The Morgan fingerprint density at radius 1 is 1.56 bits per heavy atom. The van der Waals surface area contributed by atoms with Gasteiger partial charge in [-0.1, -0.05) is 13.4 Å². The highest BCUT2D eigenvalue weighted by Crippen LogP contribution is 1.94. The predicted octanol–water partition coefficient (Wildman–Crippen LogP) is 0.634. The van der Waals surface area contributed by atoms with E-state index in [2.05, 4.69) is 4.99 Å². The van der Waals surface area contributed by atoms with E-state index in [1.165, 1.54) is 5.21 Å². The zero-order valence-corrected chi connectivity index (χ0v) is 3.88. The number of carbonyl (C=O) groups excluding carboxylic acids is 1. The van der Waals surface area contributed by atoms with Crippen LogP contribution in [0.3, 0.4) is 0 Å². The molecule has 0 spiro atoms. The van der Waals surface area contributed by atoms with E-state index in [0.29, 0.717) is 6.08 Å². The van der Waals surface area contributed by atoms with Gasteiger partial charge in [0.05, 0.1) is 0 Å². The average Bonchev–Trinajstić information content (AvgIpc) is 1.82. The summed E-state index contributed by atoms with van der Waals surface area (Å²) in [6.45, 7) is 0. The van der Waals surface area contributed by atoms with Gasteiger partial charge in [-0.05, 0) is 5.21 Å². The third-order valence-electron chi connectivity index (χ3n) is 0.372. The summed E-state index contributed by atoms with van der Waals surface area (Å²) in [4.78, 5) is 11.4. The Labute approximate surface area is 47.1 Å². The lowest BCUT2D eigenvalue weighted by Crippen LogP contribution is -2.09. The van der Waals surface area contributed by atoms with E-state index in [1.807, 2.05) is 0 Å². The molecule has 7 heteroatoms. The smallest absolute Gasteiger partial charge is 0.211 e. The normalized spacial score (nSPS) is 10.3. The maximum absolute atomic E-state index is 11.1. The highest BCUT2D eigenvalue weighted by atomic mass is 19.4. The van der Waals surface area contributed by atoms with Crippen molar-refractivity contribution in [2.75, 3.05) is 0 Å². The van der Waals surface area contributed by atoms with E-state index in [0.717, 1.165) is 0 Å². The summed E-state index contributed by atoms with van der Waals surface area (Å²) in [5, 5.41) is -0.304. The van der Waals surface area contributed by atoms with Gasteiger partial charge in [0.2, 0.25) is 6.08 Å². The van der Waals surface area contributed by atoms with Crippen molar-refractivity contribution in [3.05, 3.63) is 0 Å². The van der Waals surface area contributed by atoms with Crippen molar-refractivity contribution < 1.29 is 18.2 Å². The van der Waals surface area contributed by atoms with Crippen LogP contribution in [0.15, 0.2) is 10.2 Å². The maximum Gasteiger partial charge on any atom is 0.327 e. The molecule has 0 aliphatic rings. The lowest BCUT2D eigenvalue weighted by Gasteiger charge is -1.91.